The zero-order chi connectivity index (χ0) is 14.6. The molecule has 0 amide bonds. The third kappa shape index (κ3) is 4.77. The van der Waals surface area contributed by atoms with E-state index in [1.807, 2.05) is 19.1 Å². The summed E-state index contributed by atoms with van der Waals surface area (Å²) in [4.78, 5) is 2.32. The second-order valence-corrected chi connectivity index (χ2v) is 6.68. The Morgan fingerprint density at radius 2 is 2.00 bits per heavy atom. The molecule has 0 N–H and O–H groups in total. The van der Waals surface area contributed by atoms with E-state index in [1.54, 1.807) is 6.07 Å². The maximum Gasteiger partial charge on any atom is 0.306 e. The first-order chi connectivity index (χ1) is 9.44. The second-order valence-electron chi connectivity index (χ2n) is 5.10. The van der Waals surface area contributed by atoms with Crippen LogP contribution in [0.25, 0.3) is 0 Å². The van der Waals surface area contributed by atoms with Gasteiger partial charge in [-0.1, -0.05) is 17.7 Å². The van der Waals surface area contributed by atoms with Crippen LogP contribution in [0.5, 0.6) is 5.75 Å². The maximum absolute atomic E-state index is 11.3. The Balaban J connectivity index is 2.06. The Labute approximate surface area is 120 Å². The smallest absolute Gasteiger partial charge is 0.306 e. The molecule has 0 unspecified atom stereocenters. The number of nitrogens with zero attached hydrogens (tertiary/aromatic N) is 1. The Morgan fingerprint density at radius 1 is 1.30 bits per heavy atom. The molecular weight excluding hydrogens is 278 g/mol. The number of hydrogen-bond acceptors (Lipinski definition) is 5. The van der Waals surface area contributed by atoms with Gasteiger partial charge in [0.15, 0.2) is 0 Å². The Bertz CT molecular complexity index is 550. The van der Waals surface area contributed by atoms with Crippen LogP contribution in [0.1, 0.15) is 11.1 Å². The lowest BCUT2D eigenvalue weighted by molar-refractivity contribution is 0.0384. The van der Waals surface area contributed by atoms with E-state index in [0.717, 1.165) is 56.7 Å². The summed E-state index contributed by atoms with van der Waals surface area (Å²) in [6.07, 6.45) is 1.84. The van der Waals surface area contributed by atoms with Crippen molar-refractivity contribution in [3.63, 3.8) is 0 Å². The van der Waals surface area contributed by atoms with Gasteiger partial charge < -0.3 is 8.92 Å². The molecule has 0 spiro atoms. The predicted molar refractivity (Wildman–Crippen MR) is 77.6 cm³/mol. The van der Waals surface area contributed by atoms with Crippen molar-refractivity contribution in [2.45, 2.75) is 13.3 Å². The zero-order valence-electron chi connectivity index (χ0n) is 12.0. The highest BCUT2D eigenvalue weighted by molar-refractivity contribution is 7.86. The van der Waals surface area contributed by atoms with Gasteiger partial charge >= 0.3 is 10.1 Å². The van der Waals surface area contributed by atoms with Gasteiger partial charge in [0.2, 0.25) is 0 Å². The van der Waals surface area contributed by atoms with Crippen LogP contribution in [0.3, 0.4) is 0 Å². The van der Waals surface area contributed by atoms with Crippen LogP contribution in [0, 0.1) is 6.92 Å². The van der Waals surface area contributed by atoms with E-state index in [1.165, 1.54) is 0 Å². The lowest BCUT2D eigenvalue weighted by Gasteiger charge is -2.26. The largest absolute Gasteiger partial charge is 0.382 e. The lowest BCUT2D eigenvalue weighted by Crippen LogP contribution is -2.37. The minimum absolute atomic E-state index is 0.436. The summed E-state index contributed by atoms with van der Waals surface area (Å²) in [5, 5.41) is 0. The molecule has 1 fully saturated rings. The normalized spacial score (nSPS) is 17.1. The van der Waals surface area contributed by atoms with Gasteiger partial charge in [-0.15, -0.1) is 0 Å². The molecule has 1 aliphatic rings. The van der Waals surface area contributed by atoms with Gasteiger partial charge in [0.25, 0.3) is 0 Å². The van der Waals surface area contributed by atoms with E-state index in [0.29, 0.717) is 5.75 Å². The number of benzene rings is 1. The summed E-state index contributed by atoms with van der Waals surface area (Å²) >= 11 is 0. The number of ether oxygens (including phenoxy) is 1. The summed E-state index contributed by atoms with van der Waals surface area (Å²) in [6, 6.07) is 5.57. The maximum atomic E-state index is 11.3. The number of morpholine rings is 1. The first-order valence-electron chi connectivity index (χ1n) is 6.73. The molecule has 2 rings (SSSR count). The monoisotopic (exact) mass is 299 g/mol. The van der Waals surface area contributed by atoms with Crippen molar-refractivity contribution in [1.29, 1.82) is 0 Å². The van der Waals surface area contributed by atoms with Gasteiger partial charge in [-0.2, -0.15) is 8.42 Å². The molecule has 0 radical (unpaired) electrons. The van der Waals surface area contributed by atoms with Crippen molar-refractivity contribution in [3.05, 3.63) is 29.3 Å². The molecule has 0 aromatic heterocycles. The molecule has 6 heteroatoms. The van der Waals surface area contributed by atoms with Crippen molar-refractivity contribution < 1.29 is 17.3 Å². The highest BCUT2D eigenvalue weighted by Crippen LogP contribution is 2.22. The molecule has 20 heavy (non-hydrogen) atoms. The quantitative estimate of drug-likeness (QED) is 0.765. The molecule has 0 saturated carbocycles. The van der Waals surface area contributed by atoms with Gasteiger partial charge in [-0.25, -0.2) is 0 Å². The highest BCUT2D eigenvalue weighted by atomic mass is 32.2. The van der Waals surface area contributed by atoms with Crippen LogP contribution in [-0.4, -0.2) is 52.4 Å². The average molecular weight is 299 g/mol. The van der Waals surface area contributed by atoms with Crippen LogP contribution in [-0.2, 0) is 21.3 Å². The molecule has 1 saturated heterocycles. The molecule has 0 bridgehead atoms. The van der Waals surface area contributed by atoms with E-state index in [9.17, 15) is 8.42 Å². The molecule has 1 aliphatic heterocycles. The first kappa shape index (κ1) is 15.3. The zero-order valence-corrected chi connectivity index (χ0v) is 12.8. The molecular formula is C14H21NO4S. The second kappa shape index (κ2) is 6.56. The van der Waals surface area contributed by atoms with E-state index < -0.39 is 10.1 Å². The fraction of sp³-hybridized carbons (Fsp3) is 0.571. The van der Waals surface area contributed by atoms with Crippen LogP contribution in [0.4, 0.5) is 0 Å². The number of hydrogen-bond donors (Lipinski definition) is 0. The summed E-state index contributed by atoms with van der Waals surface area (Å²) in [5.41, 5.74) is 2.03. The Kier molecular flexibility index (Phi) is 5.01. The van der Waals surface area contributed by atoms with Crippen molar-refractivity contribution in [1.82, 2.24) is 4.90 Å². The first-order valence-corrected chi connectivity index (χ1v) is 8.55. The molecule has 1 aromatic carbocycles. The van der Waals surface area contributed by atoms with Crippen LogP contribution in [0.2, 0.25) is 0 Å². The van der Waals surface area contributed by atoms with E-state index in [4.69, 9.17) is 8.92 Å². The van der Waals surface area contributed by atoms with Crippen LogP contribution < -0.4 is 4.18 Å². The molecule has 5 nitrogen and oxygen atoms in total. The Hall–Kier alpha value is -1.11. The number of aryl methyl sites for hydroxylation is 1. The molecule has 112 valence electrons. The predicted octanol–water partition coefficient (Wildman–Crippen LogP) is 1.21. The van der Waals surface area contributed by atoms with Gasteiger partial charge in [0, 0.05) is 19.6 Å². The third-order valence-corrected chi connectivity index (χ3v) is 3.74. The highest BCUT2D eigenvalue weighted by Gasteiger charge is 2.14. The fourth-order valence-corrected chi connectivity index (χ4v) is 2.74. The molecule has 0 aliphatic carbocycles. The van der Waals surface area contributed by atoms with Crippen LogP contribution in [0.15, 0.2) is 18.2 Å². The van der Waals surface area contributed by atoms with Crippen molar-refractivity contribution in [2.75, 3.05) is 39.1 Å². The van der Waals surface area contributed by atoms with E-state index in [2.05, 4.69) is 4.90 Å². The standard InChI is InChI=1S/C14H21NO4S/c1-12-3-4-14(19-20(2,16)17)13(11-12)5-6-15-7-9-18-10-8-15/h3-4,11H,5-10H2,1-2H3. The average Bonchev–Trinajstić information content (AvgIpc) is 2.39. The van der Waals surface area contributed by atoms with Gasteiger partial charge in [0.05, 0.1) is 19.5 Å². The summed E-state index contributed by atoms with van der Waals surface area (Å²) < 4.78 is 33.0. The molecule has 1 aromatic rings. The molecule has 0 atom stereocenters. The van der Waals surface area contributed by atoms with Crippen LogP contribution >= 0.6 is 0 Å². The van der Waals surface area contributed by atoms with Crippen molar-refractivity contribution >= 4 is 10.1 Å². The van der Waals surface area contributed by atoms with Crippen molar-refractivity contribution in [3.8, 4) is 5.75 Å². The number of rotatable bonds is 5. The Morgan fingerprint density at radius 3 is 2.65 bits per heavy atom. The fourth-order valence-electron chi connectivity index (χ4n) is 2.25. The van der Waals surface area contributed by atoms with Gasteiger partial charge in [0.1, 0.15) is 5.75 Å². The van der Waals surface area contributed by atoms with Gasteiger partial charge in [-0.05, 0) is 25.0 Å². The summed E-state index contributed by atoms with van der Waals surface area (Å²) in [7, 11) is -3.49. The van der Waals surface area contributed by atoms with Crippen molar-refractivity contribution in [2.24, 2.45) is 0 Å². The lowest BCUT2D eigenvalue weighted by atomic mass is 10.1. The van der Waals surface area contributed by atoms with E-state index in [-0.39, 0.29) is 0 Å². The third-order valence-electron chi connectivity index (χ3n) is 3.26. The minimum atomic E-state index is -3.49. The minimum Gasteiger partial charge on any atom is -0.382 e. The summed E-state index contributed by atoms with van der Waals surface area (Å²) in [5.74, 6) is 0.436. The molecule has 1 heterocycles. The SMILES string of the molecule is Cc1ccc(OS(C)(=O)=O)c(CCN2CCOCC2)c1. The summed E-state index contributed by atoms with van der Waals surface area (Å²) in [6.45, 7) is 6.25. The van der Waals surface area contributed by atoms with Gasteiger partial charge in [-0.3, -0.25) is 4.90 Å². The van der Waals surface area contributed by atoms with E-state index >= 15 is 0 Å². The topological polar surface area (TPSA) is 55.8 Å².